The maximum atomic E-state index is 13.5. The lowest BCUT2D eigenvalue weighted by molar-refractivity contribution is -0.122. The number of carbonyl (C=O) groups excluding carboxylic acids is 4. The van der Waals surface area contributed by atoms with Gasteiger partial charge < -0.3 is 34.1 Å². The molecule has 0 fully saturated rings. The number of ether oxygens (including phenoxy) is 2. The SMILES string of the molecule is Cn1cc(C2=C(c3cn(CCCNC(=O)c4ccc5c(c4)C(=O)OC54c5ccc(O)cc5Oc5cc(O)ccc54)c4ccccc34)C(=O)NC2=O)c2ccccc21. The zero-order valence-corrected chi connectivity index (χ0v) is 30.3. The first kappa shape index (κ1) is 33.9. The molecule has 3 aliphatic heterocycles. The van der Waals surface area contributed by atoms with E-state index < -0.39 is 23.4 Å². The molecule has 4 N–H and O–H groups in total. The summed E-state index contributed by atoms with van der Waals surface area (Å²) in [5, 5.41) is 27.6. The van der Waals surface area contributed by atoms with Gasteiger partial charge in [-0.2, -0.15) is 0 Å². The van der Waals surface area contributed by atoms with Gasteiger partial charge in [0.15, 0.2) is 5.60 Å². The second-order valence-corrected chi connectivity index (χ2v) is 14.4. The van der Waals surface area contributed by atoms with Crippen molar-refractivity contribution in [3.05, 3.63) is 154 Å². The van der Waals surface area contributed by atoms with Crippen molar-refractivity contribution in [1.82, 2.24) is 19.8 Å². The highest BCUT2D eigenvalue weighted by Gasteiger charge is 2.54. The lowest BCUT2D eigenvalue weighted by atomic mass is 9.77. The number of carbonyl (C=O) groups is 4. The largest absolute Gasteiger partial charge is 0.508 e. The van der Waals surface area contributed by atoms with E-state index >= 15 is 0 Å². The Morgan fingerprint density at radius 3 is 2.00 bits per heavy atom. The number of para-hydroxylation sites is 2. The minimum Gasteiger partial charge on any atom is -0.508 e. The van der Waals surface area contributed by atoms with Gasteiger partial charge in [0.25, 0.3) is 17.7 Å². The van der Waals surface area contributed by atoms with Gasteiger partial charge in [0.05, 0.1) is 16.7 Å². The molecule has 12 heteroatoms. The molecule has 7 aromatic rings. The van der Waals surface area contributed by atoms with Crippen molar-refractivity contribution in [2.75, 3.05) is 6.54 Å². The highest BCUT2D eigenvalue weighted by molar-refractivity contribution is 6.50. The summed E-state index contributed by atoms with van der Waals surface area (Å²) >= 11 is 0. The van der Waals surface area contributed by atoms with E-state index in [1.807, 2.05) is 77.1 Å². The summed E-state index contributed by atoms with van der Waals surface area (Å²) in [5.74, 6) is -1.47. The van der Waals surface area contributed by atoms with E-state index in [0.717, 1.165) is 21.8 Å². The number of fused-ring (bicyclic) bond motifs is 8. The molecule has 1 spiro atoms. The molecular weight excluding hydrogens is 725 g/mol. The summed E-state index contributed by atoms with van der Waals surface area (Å²) in [5.41, 5.74) is 4.33. The molecule has 5 aromatic carbocycles. The minimum absolute atomic E-state index is 0.0457. The molecule has 0 radical (unpaired) electrons. The zero-order valence-electron chi connectivity index (χ0n) is 30.3. The Hall–Kier alpha value is -7.60. The second kappa shape index (κ2) is 12.5. The van der Waals surface area contributed by atoms with Crippen LogP contribution in [0.15, 0.2) is 116 Å². The van der Waals surface area contributed by atoms with Crippen LogP contribution in [0, 0.1) is 0 Å². The molecule has 0 aliphatic carbocycles. The van der Waals surface area contributed by atoms with Crippen LogP contribution in [0.25, 0.3) is 33.0 Å². The molecule has 3 amide bonds. The molecule has 0 saturated carbocycles. The van der Waals surface area contributed by atoms with E-state index in [4.69, 9.17) is 9.47 Å². The van der Waals surface area contributed by atoms with Gasteiger partial charge in [-0.15, -0.1) is 0 Å². The highest BCUT2D eigenvalue weighted by atomic mass is 16.6. The third-order valence-electron chi connectivity index (χ3n) is 11.1. The van der Waals surface area contributed by atoms with Crippen molar-refractivity contribution >= 4 is 56.6 Å². The van der Waals surface area contributed by atoms with Crippen molar-refractivity contribution in [1.29, 1.82) is 0 Å². The number of amides is 3. The maximum Gasteiger partial charge on any atom is 0.340 e. The summed E-state index contributed by atoms with van der Waals surface area (Å²) in [4.78, 5) is 53.8. The van der Waals surface area contributed by atoms with Gasteiger partial charge in [-0.25, -0.2) is 4.79 Å². The first-order valence-corrected chi connectivity index (χ1v) is 18.4. The minimum atomic E-state index is -1.43. The lowest BCUT2D eigenvalue weighted by Gasteiger charge is -2.36. The van der Waals surface area contributed by atoms with Gasteiger partial charge >= 0.3 is 5.97 Å². The predicted octanol–water partition coefficient (Wildman–Crippen LogP) is 6.50. The molecule has 3 aliphatic rings. The van der Waals surface area contributed by atoms with Crippen molar-refractivity contribution in [3.8, 4) is 23.0 Å². The Kier molecular flexibility index (Phi) is 7.42. The molecule has 280 valence electrons. The number of phenolic OH excluding ortho intramolecular Hbond substituents is 2. The topological polar surface area (TPSA) is 161 Å². The molecular formula is C45H32N4O8. The average Bonchev–Trinajstić information content (AvgIpc) is 3.91. The van der Waals surface area contributed by atoms with Crippen LogP contribution in [-0.2, 0) is 33.5 Å². The van der Waals surface area contributed by atoms with Crippen LogP contribution in [0.5, 0.6) is 23.0 Å². The van der Waals surface area contributed by atoms with Gasteiger partial charge in [0.1, 0.15) is 23.0 Å². The fourth-order valence-corrected chi connectivity index (χ4v) is 8.54. The number of nitrogens with zero attached hydrogens (tertiary/aromatic N) is 2. The molecule has 5 heterocycles. The lowest BCUT2D eigenvalue weighted by Crippen LogP contribution is -2.33. The summed E-state index contributed by atoms with van der Waals surface area (Å²) in [6.45, 7) is 0.804. The third kappa shape index (κ3) is 5.07. The monoisotopic (exact) mass is 756 g/mol. The van der Waals surface area contributed by atoms with Gasteiger partial charge in [-0.1, -0.05) is 42.5 Å². The van der Waals surface area contributed by atoms with Crippen molar-refractivity contribution < 1.29 is 38.9 Å². The number of rotatable bonds is 7. The summed E-state index contributed by atoms with van der Waals surface area (Å²) < 4.78 is 16.1. The van der Waals surface area contributed by atoms with E-state index in [2.05, 4.69) is 10.6 Å². The number of phenols is 2. The van der Waals surface area contributed by atoms with Crippen LogP contribution in [-0.4, -0.2) is 49.6 Å². The number of imide groups is 1. The van der Waals surface area contributed by atoms with Crippen LogP contribution in [0.1, 0.15) is 55.0 Å². The molecule has 57 heavy (non-hydrogen) atoms. The Bertz CT molecular complexity index is 2920. The molecule has 12 nitrogen and oxygen atoms in total. The Balaban J connectivity index is 0.910. The normalized spacial score (nSPS) is 15.1. The molecule has 0 atom stereocenters. The predicted molar refractivity (Wildman–Crippen MR) is 210 cm³/mol. The number of aryl methyl sites for hydroxylation is 2. The van der Waals surface area contributed by atoms with Crippen molar-refractivity contribution in [2.45, 2.75) is 18.6 Å². The fraction of sp³-hybridized carbons (Fsp3) is 0.111. The van der Waals surface area contributed by atoms with E-state index in [1.165, 1.54) is 30.3 Å². The van der Waals surface area contributed by atoms with Crippen LogP contribution in [0.3, 0.4) is 0 Å². The van der Waals surface area contributed by atoms with Gasteiger partial charge in [-0.3, -0.25) is 19.7 Å². The van der Waals surface area contributed by atoms with Crippen molar-refractivity contribution in [3.63, 3.8) is 0 Å². The molecule has 10 rings (SSSR count). The van der Waals surface area contributed by atoms with E-state index in [9.17, 15) is 29.4 Å². The first-order chi connectivity index (χ1) is 27.6. The van der Waals surface area contributed by atoms with E-state index in [0.29, 0.717) is 58.5 Å². The van der Waals surface area contributed by atoms with Crippen molar-refractivity contribution in [2.24, 2.45) is 7.05 Å². The first-order valence-electron chi connectivity index (χ1n) is 18.4. The summed E-state index contributed by atoms with van der Waals surface area (Å²) in [6.07, 6.45) is 4.31. The quantitative estimate of drug-likeness (QED) is 0.0815. The van der Waals surface area contributed by atoms with Crippen LogP contribution in [0.4, 0.5) is 0 Å². The van der Waals surface area contributed by atoms with E-state index in [-0.39, 0.29) is 40.0 Å². The molecule has 0 bridgehead atoms. The number of esters is 1. The molecule has 2 aromatic heterocycles. The number of aromatic hydroxyl groups is 2. The summed E-state index contributed by atoms with van der Waals surface area (Å²) in [7, 11) is 1.91. The number of hydrogen-bond acceptors (Lipinski definition) is 8. The molecule has 0 unspecified atom stereocenters. The Morgan fingerprint density at radius 2 is 1.32 bits per heavy atom. The van der Waals surface area contributed by atoms with Gasteiger partial charge in [-0.05, 0) is 55.0 Å². The second-order valence-electron chi connectivity index (χ2n) is 14.4. The highest BCUT2D eigenvalue weighted by Crippen LogP contribution is 2.57. The number of aromatic nitrogens is 2. The fourth-order valence-electron chi connectivity index (χ4n) is 8.54. The average molecular weight is 757 g/mol. The Morgan fingerprint density at radius 1 is 0.719 bits per heavy atom. The third-order valence-corrected chi connectivity index (χ3v) is 11.1. The number of nitrogens with one attached hydrogen (secondary N) is 2. The maximum absolute atomic E-state index is 13.5. The Labute approximate surface area is 324 Å². The van der Waals surface area contributed by atoms with E-state index in [1.54, 1.807) is 24.3 Å². The number of hydrogen-bond donors (Lipinski definition) is 4. The standard InChI is InChI=1S/C45H32N4O8/c1-48-22-30(27-7-2-4-9-35(27)48)39-40(43(54)47-42(39)53)31-23-49(36-10-5-3-8-28(31)36)18-6-17-46-41(52)24-11-14-32-29(19-24)44(55)57-45(32)33-15-12-25(50)20-37(33)56-38-21-26(51)13-16-34(38)45/h2-5,7-16,19-23,50-51H,6,17-18H2,1H3,(H,46,52)(H,47,53,54). The van der Waals surface area contributed by atoms with Crippen LogP contribution in [0.2, 0.25) is 0 Å². The van der Waals surface area contributed by atoms with Gasteiger partial charge in [0.2, 0.25) is 0 Å². The molecule has 0 saturated heterocycles. The smallest absolute Gasteiger partial charge is 0.340 e. The number of benzene rings is 5. The van der Waals surface area contributed by atoms with Crippen LogP contribution >= 0.6 is 0 Å². The van der Waals surface area contributed by atoms with Gasteiger partial charge in [0, 0.05) is 99.9 Å². The summed E-state index contributed by atoms with van der Waals surface area (Å²) in [6, 6.07) is 29.3. The van der Waals surface area contributed by atoms with Crippen LogP contribution < -0.4 is 15.4 Å². The zero-order chi connectivity index (χ0) is 39.2.